The fourth-order valence-electron chi connectivity index (χ4n) is 12.6. The van der Waals surface area contributed by atoms with Crippen LogP contribution in [0.2, 0.25) is 0 Å². The molecule has 5 heteroatoms. The van der Waals surface area contributed by atoms with Crippen LogP contribution in [0.15, 0.2) is 225 Å². The van der Waals surface area contributed by atoms with Gasteiger partial charge in [-0.3, -0.25) is 9.55 Å². The number of phenols is 1. The third-order valence-electron chi connectivity index (χ3n) is 17.0. The Bertz CT molecular complexity index is 4100. The van der Waals surface area contributed by atoms with Crippen LogP contribution in [0.3, 0.4) is 0 Å². The number of aromatic nitrogens is 3. The summed E-state index contributed by atoms with van der Waals surface area (Å²) in [7, 11) is 0. The summed E-state index contributed by atoms with van der Waals surface area (Å²) in [5, 5.41) is 12.9. The van der Waals surface area contributed by atoms with Gasteiger partial charge in [0, 0.05) is 46.8 Å². The average Bonchev–Trinajstić information content (AvgIpc) is 4.36. The van der Waals surface area contributed by atoms with Crippen LogP contribution in [-0.2, 0) is 32.9 Å². The number of hydrogen-bond donors (Lipinski definition) is 1. The van der Waals surface area contributed by atoms with E-state index in [4.69, 9.17) is 9.97 Å². The first kappa shape index (κ1) is 51.2. The number of aromatic hydroxyl groups is 1. The molecule has 0 atom stereocenters. The molecule has 2 aliphatic rings. The molecule has 404 valence electrons. The molecule has 1 N–H and O–H groups in total. The minimum atomic E-state index is -0.734. The monoisotopic (exact) mass is 1240 g/mol. The van der Waals surface area contributed by atoms with E-state index in [-0.39, 0.29) is 32.2 Å². The first-order chi connectivity index (χ1) is 39.9. The molecule has 0 unspecified atom stereocenters. The average molecular weight is 1240 g/mol. The number of nitrogens with zero attached hydrogens (tertiary/aromatic N) is 3. The van der Waals surface area contributed by atoms with Gasteiger partial charge < -0.3 is 5.11 Å². The van der Waals surface area contributed by atoms with Crippen molar-refractivity contribution in [3.63, 3.8) is 0 Å². The van der Waals surface area contributed by atoms with Gasteiger partial charge in [0.25, 0.3) is 0 Å². The fraction of sp³-hybridized carbons (Fsp3) is 0.211. The van der Waals surface area contributed by atoms with Crippen molar-refractivity contribution in [2.75, 3.05) is 0 Å². The van der Waals surface area contributed by atoms with Crippen LogP contribution in [0.5, 0.6) is 5.75 Å². The van der Waals surface area contributed by atoms with E-state index in [2.05, 4.69) is 201 Å². The molecular weight excluding hydrogens is 1170 g/mol. The van der Waals surface area contributed by atoms with Crippen LogP contribution in [0.4, 0.5) is 0 Å². The predicted molar refractivity (Wildman–Crippen MR) is 332 cm³/mol. The first-order valence-electron chi connectivity index (χ1n) is 29.8. The maximum absolute atomic E-state index is 12.9. The summed E-state index contributed by atoms with van der Waals surface area (Å²) in [6, 6.07) is 80.2. The van der Waals surface area contributed by atoms with Crippen molar-refractivity contribution in [1.29, 1.82) is 0 Å². The van der Waals surface area contributed by atoms with Gasteiger partial charge in [-0.2, -0.15) is 0 Å². The minimum absolute atomic E-state index is 0. The van der Waals surface area contributed by atoms with Gasteiger partial charge in [0.15, 0.2) is 0 Å². The van der Waals surface area contributed by atoms with Crippen molar-refractivity contribution in [3.05, 3.63) is 253 Å². The summed E-state index contributed by atoms with van der Waals surface area (Å²) in [6.45, 7) is 6.75. The molecule has 0 spiro atoms. The largest absolute Gasteiger partial charge is 0.507 e. The molecule has 0 radical (unpaired) electrons. The first-order valence-corrected chi connectivity index (χ1v) is 28.8. The Morgan fingerprint density at radius 2 is 1.10 bits per heavy atom. The van der Waals surface area contributed by atoms with E-state index in [1.165, 1.54) is 31.2 Å². The Morgan fingerprint density at radius 3 is 1.79 bits per heavy atom. The van der Waals surface area contributed by atoms with E-state index in [0.29, 0.717) is 43.0 Å². The fourth-order valence-corrected chi connectivity index (χ4v) is 12.6. The van der Waals surface area contributed by atoms with Gasteiger partial charge in [-0.15, -0.1) is 29.3 Å². The number of benzene rings is 9. The third-order valence-corrected chi connectivity index (χ3v) is 17.0. The van der Waals surface area contributed by atoms with E-state index in [1.54, 1.807) is 0 Å². The van der Waals surface area contributed by atoms with E-state index >= 15 is 0 Å². The van der Waals surface area contributed by atoms with Gasteiger partial charge >= 0.3 is 0 Å². The second-order valence-corrected chi connectivity index (χ2v) is 23.2. The zero-order valence-electron chi connectivity index (χ0n) is 48.4. The van der Waals surface area contributed by atoms with Crippen molar-refractivity contribution >= 4 is 11.0 Å². The maximum Gasteiger partial charge on any atom is 0.148 e. The van der Waals surface area contributed by atoms with Crippen molar-refractivity contribution in [2.24, 2.45) is 5.92 Å². The quantitative estimate of drug-likeness (QED) is 0.124. The van der Waals surface area contributed by atoms with Gasteiger partial charge in [-0.25, -0.2) is 4.98 Å². The van der Waals surface area contributed by atoms with E-state index in [1.807, 2.05) is 54.7 Å². The topological polar surface area (TPSA) is 50.9 Å². The number of rotatable bonds is 12. The molecule has 0 bridgehead atoms. The molecule has 2 aliphatic carbocycles. The summed E-state index contributed by atoms with van der Waals surface area (Å²) >= 11 is 0. The molecule has 2 aromatic heterocycles. The molecular formula is C76H68N3OPt-. The standard InChI is InChI=1S/C76H68N3O.Pt/c1-76(2,3)63-48-61(47-62(49-63)70-50-60(43-44-77-70)57-40-38-56(39-41-57)55-36-34-54(35-37-55)53-21-7-4-8-22-53)65-29-18-32-72-73(65)78-75(68-31-17-30-67(74(68)80)66-28-16-15-27-64(66)58-23-9-5-10-24-58)79(72)71-42-33-52(45-51-19-13-14-20-51)46-69(71)59-25-11-6-12-26-59;/h4-12,15-18,21-33,38-44,46,48-51,54-55,80H,13-14,19-20,34-37,45H2,1-3H3;/q-1;/i54D,55D;. The van der Waals surface area contributed by atoms with E-state index < -0.39 is 11.8 Å². The van der Waals surface area contributed by atoms with Gasteiger partial charge in [0.05, 0.1) is 22.3 Å². The number of para-hydroxylation sites is 2. The smallest absolute Gasteiger partial charge is 0.148 e. The van der Waals surface area contributed by atoms with Crippen LogP contribution < -0.4 is 0 Å². The molecule has 9 aromatic carbocycles. The summed E-state index contributed by atoms with van der Waals surface area (Å²) in [6.07, 6.45) is 10.7. The molecule has 0 aliphatic heterocycles. The Morgan fingerprint density at radius 1 is 0.519 bits per heavy atom. The number of hydrogen-bond acceptors (Lipinski definition) is 3. The molecule has 0 amide bonds. The van der Waals surface area contributed by atoms with Gasteiger partial charge in [0.2, 0.25) is 0 Å². The molecule has 11 aromatic rings. The Hall–Kier alpha value is -7.91. The van der Waals surface area contributed by atoms with Crippen molar-refractivity contribution in [1.82, 2.24) is 14.5 Å². The van der Waals surface area contributed by atoms with Crippen molar-refractivity contribution < 1.29 is 28.9 Å². The number of pyridine rings is 1. The SMILES string of the molecule is [2H]C1(c2ccccc2)CCC([2H])(c2ccc(-c3ccnc(-c4[c-]c(-c5cccc6c5nc(-c5cccc(-c7ccccc7-c7ccccc7)c5O)n6-c5ccc(CC6CCCC6)cc5-c5ccccc5)cc(C(C)(C)C)c4)c3)cc2)CC1.[Pt]. The van der Waals surface area contributed by atoms with Gasteiger partial charge in [0.1, 0.15) is 11.6 Å². The second-order valence-electron chi connectivity index (χ2n) is 23.2. The van der Waals surface area contributed by atoms with Crippen LogP contribution in [0.1, 0.15) is 109 Å². The van der Waals surface area contributed by atoms with E-state index in [0.717, 1.165) is 107 Å². The molecule has 2 heterocycles. The Kier molecular flexibility index (Phi) is 14.7. The van der Waals surface area contributed by atoms with Crippen molar-refractivity contribution in [2.45, 2.75) is 95.8 Å². The molecule has 4 nitrogen and oxygen atoms in total. The zero-order valence-corrected chi connectivity index (χ0v) is 48.7. The Balaban J connectivity index is 0.00000680. The Labute approximate surface area is 495 Å². The van der Waals surface area contributed by atoms with Gasteiger partial charge in [-0.1, -0.05) is 234 Å². The van der Waals surface area contributed by atoms with Crippen LogP contribution in [0, 0.1) is 12.0 Å². The molecule has 81 heavy (non-hydrogen) atoms. The van der Waals surface area contributed by atoms with Crippen LogP contribution in [0.25, 0.3) is 95.0 Å². The van der Waals surface area contributed by atoms with Crippen molar-refractivity contribution in [3.8, 4) is 89.7 Å². The van der Waals surface area contributed by atoms with E-state index in [9.17, 15) is 7.85 Å². The minimum Gasteiger partial charge on any atom is -0.507 e. The molecule has 13 rings (SSSR count). The maximum atomic E-state index is 12.9. The summed E-state index contributed by atoms with van der Waals surface area (Å²) in [4.78, 5) is 10.7. The molecule has 2 fully saturated rings. The number of fused-ring (bicyclic) bond motifs is 1. The summed E-state index contributed by atoms with van der Waals surface area (Å²) in [5.74, 6) is 0.106. The molecule has 2 saturated carbocycles. The summed E-state index contributed by atoms with van der Waals surface area (Å²) < 4.78 is 21.2. The third kappa shape index (κ3) is 11.0. The predicted octanol–water partition coefficient (Wildman–Crippen LogP) is 20.1. The number of phenolic OH excluding ortho intramolecular Hbond substituents is 1. The second kappa shape index (κ2) is 23.3. The molecule has 0 saturated heterocycles. The normalized spacial score (nSPS) is 17.8. The van der Waals surface area contributed by atoms with Crippen LogP contribution in [-0.4, -0.2) is 19.6 Å². The zero-order chi connectivity index (χ0) is 56.0. The number of imidazole rings is 1. The van der Waals surface area contributed by atoms with Gasteiger partial charge in [-0.05, 0) is 136 Å². The summed E-state index contributed by atoms with van der Waals surface area (Å²) in [5.41, 5.74) is 19.3. The van der Waals surface area contributed by atoms with Crippen LogP contribution >= 0.6 is 0 Å².